The van der Waals surface area contributed by atoms with Crippen LogP contribution >= 0.6 is 11.6 Å². The Kier molecular flexibility index (Phi) is 4.75. The van der Waals surface area contributed by atoms with Crippen LogP contribution in [-0.4, -0.2) is 0 Å². The van der Waals surface area contributed by atoms with Gasteiger partial charge in [-0.25, -0.2) is 8.78 Å². The molecule has 0 amide bonds. The largest absolute Gasteiger partial charge is 0.206 e. The van der Waals surface area contributed by atoms with Gasteiger partial charge in [-0.1, -0.05) is 37.4 Å². The van der Waals surface area contributed by atoms with Crippen molar-refractivity contribution in [2.45, 2.75) is 57.8 Å². The monoisotopic (exact) mass is 362 g/mol. The highest BCUT2D eigenvalue weighted by Gasteiger charge is 2.35. The van der Waals surface area contributed by atoms with Crippen molar-refractivity contribution in [1.29, 1.82) is 0 Å². The minimum Gasteiger partial charge on any atom is -0.206 e. The Hall–Kier alpha value is -1.15. The van der Waals surface area contributed by atoms with Crippen LogP contribution in [0.5, 0.6) is 0 Å². The molecule has 2 aliphatic rings. The fourth-order valence-electron chi connectivity index (χ4n) is 5.23. The third-order valence-electron chi connectivity index (χ3n) is 6.74. The quantitative estimate of drug-likeness (QED) is 0.519. The molecule has 2 unspecified atom stereocenters. The zero-order valence-corrected chi connectivity index (χ0v) is 15.5. The van der Waals surface area contributed by atoms with Gasteiger partial charge < -0.3 is 0 Å². The molecular weight excluding hydrogens is 338 g/mol. The summed E-state index contributed by atoms with van der Waals surface area (Å²) < 4.78 is 28.4. The fraction of sp³-hybridized carbons (Fsp3) is 0.545. The summed E-state index contributed by atoms with van der Waals surface area (Å²) in [6.45, 7) is 2.31. The molecule has 2 aromatic carbocycles. The van der Waals surface area contributed by atoms with Crippen LogP contribution in [0.25, 0.3) is 10.8 Å². The third-order valence-corrected chi connectivity index (χ3v) is 7.03. The Morgan fingerprint density at radius 3 is 2.48 bits per heavy atom. The normalized spacial score (nSPS) is 29.6. The van der Waals surface area contributed by atoms with Gasteiger partial charge in [0.25, 0.3) is 0 Å². The van der Waals surface area contributed by atoms with Gasteiger partial charge in [-0.3, -0.25) is 0 Å². The molecule has 0 N–H and O–H groups in total. The van der Waals surface area contributed by atoms with Gasteiger partial charge >= 0.3 is 0 Å². The molecule has 2 aromatic rings. The molecule has 0 bridgehead atoms. The van der Waals surface area contributed by atoms with Crippen molar-refractivity contribution in [1.82, 2.24) is 0 Å². The lowest BCUT2D eigenvalue weighted by molar-refractivity contribution is 0.116. The average molecular weight is 363 g/mol. The molecule has 2 saturated carbocycles. The Morgan fingerprint density at radius 2 is 1.68 bits per heavy atom. The van der Waals surface area contributed by atoms with E-state index in [1.165, 1.54) is 44.2 Å². The Morgan fingerprint density at radius 1 is 0.920 bits per heavy atom. The van der Waals surface area contributed by atoms with Gasteiger partial charge in [0, 0.05) is 5.39 Å². The van der Waals surface area contributed by atoms with Crippen LogP contribution in [0, 0.1) is 29.4 Å². The second-order valence-electron chi connectivity index (χ2n) is 8.11. The van der Waals surface area contributed by atoms with Gasteiger partial charge in [0.15, 0.2) is 0 Å². The van der Waals surface area contributed by atoms with Crippen molar-refractivity contribution in [3.63, 3.8) is 0 Å². The Bertz CT molecular complexity index is 785. The number of hydrogen-bond donors (Lipinski definition) is 0. The predicted molar refractivity (Wildman–Crippen MR) is 100 cm³/mol. The first kappa shape index (κ1) is 17.3. The Labute approximate surface area is 153 Å². The van der Waals surface area contributed by atoms with E-state index in [0.717, 1.165) is 36.2 Å². The van der Waals surface area contributed by atoms with E-state index >= 15 is 0 Å². The number of halogens is 3. The first-order valence-corrected chi connectivity index (χ1v) is 10.0. The van der Waals surface area contributed by atoms with Gasteiger partial charge in [-0.2, -0.15) is 0 Å². The van der Waals surface area contributed by atoms with E-state index in [1.54, 1.807) is 6.07 Å². The second-order valence-corrected chi connectivity index (χ2v) is 8.51. The molecule has 4 atom stereocenters. The summed E-state index contributed by atoms with van der Waals surface area (Å²) in [7, 11) is 0. The molecule has 0 aliphatic heterocycles. The number of hydrogen-bond acceptors (Lipinski definition) is 0. The predicted octanol–water partition coefficient (Wildman–Crippen LogP) is 7.48. The first-order valence-electron chi connectivity index (χ1n) is 9.63. The van der Waals surface area contributed by atoms with Gasteiger partial charge in [0.1, 0.15) is 11.6 Å². The lowest BCUT2D eigenvalue weighted by Gasteiger charge is -2.42. The smallest absolute Gasteiger partial charge is 0.142 e. The summed E-state index contributed by atoms with van der Waals surface area (Å²) in [6, 6.07) is 6.39. The van der Waals surface area contributed by atoms with Crippen LogP contribution < -0.4 is 0 Å². The molecule has 2 aliphatic carbocycles. The fourth-order valence-corrected chi connectivity index (χ4v) is 5.39. The van der Waals surface area contributed by atoms with Crippen LogP contribution in [0.4, 0.5) is 8.78 Å². The molecule has 0 heterocycles. The van der Waals surface area contributed by atoms with Crippen LogP contribution in [0.1, 0.15) is 63.4 Å². The van der Waals surface area contributed by atoms with Crippen LogP contribution in [0.3, 0.4) is 0 Å². The van der Waals surface area contributed by atoms with E-state index in [4.69, 9.17) is 11.6 Å². The topological polar surface area (TPSA) is 0 Å². The summed E-state index contributed by atoms with van der Waals surface area (Å²) in [5.74, 6) is 2.18. The summed E-state index contributed by atoms with van der Waals surface area (Å²) in [4.78, 5) is 0. The van der Waals surface area contributed by atoms with Gasteiger partial charge in [0.2, 0.25) is 0 Å². The van der Waals surface area contributed by atoms with Gasteiger partial charge in [-0.15, -0.1) is 0 Å². The molecule has 0 saturated heterocycles. The highest BCUT2D eigenvalue weighted by molar-refractivity contribution is 6.31. The van der Waals surface area contributed by atoms with E-state index < -0.39 is 5.82 Å². The standard InChI is InChI=1S/C22H25ClF2/c1-2-13-3-4-15-8-16(6-5-14(15)7-13)17-9-18-11-22(25)20(23)12-19(18)21(24)10-17/h9-16H,2-8H2,1H3/t13-,14?,15-,16?/m1/s1. The maximum atomic E-state index is 14.6. The maximum Gasteiger partial charge on any atom is 0.142 e. The molecule has 0 radical (unpaired) electrons. The molecule has 4 rings (SSSR count). The lowest BCUT2D eigenvalue weighted by atomic mass is 9.63. The maximum absolute atomic E-state index is 14.6. The van der Waals surface area contributed by atoms with Gasteiger partial charge in [0.05, 0.1) is 5.02 Å². The lowest BCUT2D eigenvalue weighted by Crippen LogP contribution is -2.30. The van der Waals surface area contributed by atoms with Crippen molar-refractivity contribution in [3.8, 4) is 0 Å². The minimum atomic E-state index is -0.479. The van der Waals surface area contributed by atoms with E-state index in [0.29, 0.717) is 16.7 Å². The molecule has 134 valence electrons. The molecule has 0 aromatic heterocycles. The first-order chi connectivity index (χ1) is 12.0. The number of fused-ring (bicyclic) bond motifs is 2. The third kappa shape index (κ3) is 3.30. The molecule has 3 heteroatoms. The van der Waals surface area contributed by atoms with Crippen molar-refractivity contribution in [3.05, 3.63) is 46.5 Å². The molecular formula is C22H25ClF2. The van der Waals surface area contributed by atoms with Crippen molar-refractivity contribution in [2.75, 3.05) is 0 Å². The highest BCUT2D eigenvalue weighted by Crippen LogP contribution is 2.48. The molecule has 2 fully saturated rings. The van der Waals surface area contributed by atoms with Crippen LogP contribution in [-0.2, 0) is 0 Å². The molecule has 0 nitrogen and oxygen atoms in total. The van der Waals surface area contributed by atoms with E-state index in [-0.39, 0.29) is 10.8 Å². The minimum absolute atomic E-state index is 0.0210. The van der Waals surface area contributed by atoms with E-state index in [1.807, 2.05) is 6.07 Å². The number of benzene rings is 2. The van der Waals surface area contributed by atoms with E-state index in [9.17, 15) is 8.78 Å². The molecule has 0 spiro atoms. The Balaban J connectivity index is 1.59. The SMILES string of the molecule is CC[C@@H]1CC[C@@H]2CC(c3cc(F)c4cc(Cl)c(F)cc4c3)CCC2C1. The summed E-state index contributed by atoms with van der Waals surface area (Å²) >= 11 is 5.81. The summed E-state index contributed by atoms with van der Waals surface area (Å²) in [5, 5.41) is 1.01. The van der Waals surface area contributed by atoms with Crippen molar-refractivity contribution < 1.29 is 8.78 Å². The second kappa shape index (κ2) is 6.87. The summed E-state index contributed by atoms with van der Waals surface area (Å²) in [5.41, 5.74) is 1.03. The van der Waals surface area contributed by atoms with E-state index in [2.05, 4.69) is 6.92 Å². The zero-order valence-electron chi connectivity index (χ0n) is 14.7. The van der Waals surface area contributed by atoms with Crippen LogP contribution in [0.15, 0.2) is 24.3 Å². The van der Waals surface area contributed by atoms with Crippen molar-refractivity contribution >= 4 is 22.4 Å². The summed E-state index contributed by atoms with van der Waals surface area (Å²) in [6.07, 6.45) is 8.88. The average Bonchev–Trinajstić information content (AvgIpc) is 2.62. The molecule has 25 heavy (non-hydrogen) atoms. The highest BCUT2D eigenvalue weighted by atomic mass is 35.5. The van der Waals surface area contributed by atoms with Gasteiger partial charge in [-0.05, 0) is 84.9 Å². The zero-order chi connectivity index (χ0) is 17.6. The number of rotatable bonds is 2. The van der Waals surface area contributed by atoms with Crippen molar-refractivity contribution in [2.24, 2.45) is 17.8 Å². The van der Waals surface area contributed by atoms with Crippen LogP contribution in [0.2, 0.25) is 5.02 Å².